The highest BCUT2D eigenvalue weighted by Crippen LogP contribution is 2.12. The maximum atomic E-state index is 10.7. The van der Waals surface area contributed by atoms with E-state index in [1.165, 1.54) is 20.0 Å². The van der Waals surface area contributed by atoms with Crippen LogP contribution in [0.25, 0.3) is 0 Å². The Morgan fingerprint density at radius 3 is 2.67 bits per heavy atom. The molecule has 0 spiro atoms. The standard InChI is InChI=1S/C9H17ClO2/c1-3-4-5-6-8(10)7-9(11)12-2/h8H,3-7H2,1-2H3/t8-/m0/s1. The number of carbonyl (C=O) groups is 1. The van der Waals surface area contributed by atoms with Gasteiger partial charge in [-0.15, -0.1) is 11.6 Å². The van der Waals surface area contributed by atoms with Crippen LogP contribution in [0.5, 0.6) is 0 Å². The van der Waals surface area contributed by atoms with E-state index in [0.29, 0.717) is 6.42 Å². The SMILES string of the molecule is CCCCC[C@H](Cl)CC(=O)OC. The molecule has 0 aromatic carbocycles. The number of hydrogen-bond acceptors (Lipinski definition) is 2. The lowest BCUT2D eigenvalue weighted by Gasteiger charge is -2.06. The Morgan fingerprint density at radius 1 is 1.50 bits per heavy atom. The van der Waals surface area contributed by atoms with Crippen molar-refractivity contribution in [3.63, 3.8) is 0 Å². The normalized spacial score (nSPS) is 12.6. The Bertz CT molecular complexity index is 126. The van der Waals surface area contributed by atoms with Crippen LogP contribution in [-0.4, -0.2) is 18.5 Å². The summed E-state index contributed by atoms with van der Waals surface area (Å²) in [4.78, 5) is 10.7. The van der Waals surface area contributed by atoms with Crippen LogP contribution < -0.4 is 0 Å². The first-order valence-electron chi connectivity index (χ1n) is 4.41. The molecule has 0 bridgehead atoms. The predicted octanol–water partition coefficient (Wildman–Crippen LogP) is 2.74. The van der Waals surface area contributed by atoms with Crippen molar-refractivity contribution in [1.29, 1.82) is 0 Å². The van der Waals surface area contributed by atoms with Crippen LogP contribution in [-0.2, 0) is 9.53 Å². The van der Waals surface area contributed by atoms with Gasteiger partial charge in [-0.3, -0.25) is 4.79 Å². The van der Waals surface area contributed by atoms with Crippen molar-refractivity contribution < 1.29 is 9.53 Å². The zero-order valence-electron chi connectivity index (χ0n) is 7.81. The van der Waals surface area contributed by atoms with Crippen LogP contribution in [0.15, 0.2) is 0 Å². The molecule has 0 N–H and O–H groups in total. The molecule has 12 heavy (non-hydrogen) atoms. The van der Waals surface area contributed by atoms with E-state index < -0.39 is 0 Å². The van der Waals surface area contributed by atoms with Gasteiger partial charge in [0.25, 0.3) is 0 Å². The van der Waals surface area contributed by atoms with Gasteiger partial charge in [0.1, 0.15) is 0 Å². The first kappa shape index (κ1) is 11.8. The zero-order valence-corrected chi connectivity index (χ0v) is 8.56. The van der Waals surface area contributed by atoms with E-state index in [9.17, 15) is 4.79 Å². The van der Waals surface area contributed by atoms with Gasteiger partial charge < -0.3 is 4.74 Å². The van der Waals surface area contributed by atoms with Gasteiger partial charge in [0.05, 0.1) is 13.5 Å². The molecule has 0 radical (unpaired) electrons. The molecule has 2 nitrogen and oxygen atoms in total. The summed E-state index contributed by atoms with van der Waals surface area (Å²) in [5.41, 5.74) is 0. The Labute approximate surface area is 79.2 Å². The molecule has 0 aromatic heterocycles. The highest BCUT2D eigenvalue weighted by Gasteiger charge is 2.09. The van der Waals surface area contributed by atoms with Crippen molar-refractivity contribution >= 4 is 17.6 Å². The molecule has 0 unspecified atom stereocenters. The summed E-state index contributed by atoms with van der Waals surface area (Å²) in [6.07, 6.45) is 4.71. The van der Waals surface area contributed by atoms with E-state index in [-0.39, 0.29) is 11.3 Å². The second-order valence-corrected chi connectivity index (χ2v) is 3.49. The molecule has 0 aliphatic carbocycles. The van der Waals surface area contributed by atoms with Crippen molar-refractivity contribution in [3.8, 4) is 0 Å². The molecule has 0 heterocycles. The van der Waals surface area contributed by atoms with E-state index in [4.69, 9.17) is 11.6 Å². The van der Waals surface area contributed by atoms with E-state index in [2.05, 4.69) is 11.7 Å². The van der Waals surface area contributed by atoms with Crippen LogP contribution in [0.4, 0.5) is 0 Å². The predicted molar refractivity (Wildman–Crippen MR) is 50.4 cm³/mol. The Morgan fingerprint density at radius 2 is 2.17 bits per heavy atom. The fourth-order valence-electron chi connectivity index (χ4n) is 0.982. The van der Waals surface area contributed by atoms with Gasteiger partial charge in [-0.2, -0.15) is 0 Å². The molecule has 1 atom stereocenters. The van der Waals surface area contributed by atoms with Crippen molar-refractivity contribution in [1.82, 2.24) is 0 Å². The van der Waals surface area contributed by atoms with Gasteiger partial charge in [0.15, 0.2) is 0 Å². The number of methoxy groups -OCH3 is 1. The molecule has 0 aliphatic heterocycles. The lowest BCUT2D eigenvalue weighted by Crippen LogP contribution is -2.09. The van der Waals surface area contributed by atoms with Gasteiger partial charge in [0, 0.05) is 5.38 Å². The largest absolute Gasteiger partial charge is 0.469 e. The van der Waals surface area contributed by atoms with Crippen LogP contribution in [0.3, 0.4) is 0 Å². The lowest BCUT2D eigenvalue weighted by atomic mass is 10.1. The summed E-state index contributed by atoms with van der Waals surface area (Å²) < 4.78 is 4.50. The molecule has 0 aromatic rings. The van der Waals surface area contributed by atoms with E-state index in [1.54, 1.807) is 0 Å². The minimum absolute atomic E-state index is 0.0519. The lowest BCUT2D eigenvalue weighted by molar-refractivity contribution is -0.140. The molecule has 3 heteroatoms. The number of hydrogen-bond donors (Lipinski definition) is 0. The Hall–Kier alpha value is -0.240. The summed E-state index contributed by atoms with van der Waals surface area (Å²) in [5.74, 6) is -0.216. The Kier molecular flexibility index (Phi) is 7.26. The topological polar surface area (TPSA) is 26.3 Å². The monoisotopic (exact) mass is 192 g/mol. The number of unbranched alkanes of at least 4 members (excludes halogenated alkanes) is 2. The van der Waals surface area contributed by atoms with Crippen LogP contribution in [0.1, 0.15) is 39.0 Å². The smallest absolute Gasteiger partial charge is 0.307 e. The van der Waals surface area contributed by atoms with E-state index >= 15 is 0 Å². The van der Waals surface area contributed by atoms with Crippen LogP contribution in [0, 0.1) is 0 Å². The molecular weight excluding hydrogens is 176 g/mol. The third-order valence-electron chi connectivity index (χ3n) is 1.74. The Balaban J connectivity index is 3.32. The number of alkyl halides is 1. The highest BCUT2D eigenvalue weighted by molar-refractivity contribution is 6.21. The summed E-state index contributed by atoms with van der Waals surface area (Å²) in [6, 6.07) is 0. The molecule has 0 rings (SSSR count). The number of carbonyl (C=O) groups excluding carboxylic acids is 1. The average molecular weight is 193 g/mol. The maximum Gasteiger partial charge on any atom is 0.307 e. The quantitative estimate of drug-likeness (QED) is 0.368. The average Bonchev–Trinajstić information content (AvgIpc) is 2.05. The minimum atomic E-state index is -0.216. The minimum Gasteiger partial charge on any atom is -0.469 e. The van der Waals surface area contributed by atoms with Crippen molar-refractivity contribution in [2.24, 2.45) is 0 Å². The first-order valence-corrected chi connectivity index (χ1v) is 4.85. The third kappa shape index (κ3) is 6.47. The zero-order chi connectivity index (χ0) is 9.40. The first-order chi connectivity index (χ1) is 5.70. The number of halogens is 1. The summed E-state index contributed by atoms with van der Waals surface area (Å²) >= 11 is 5.89. The van der Waals surface area contributed by atoms with Gasteiger partial charge in [0.2, 0.25) is 0 Å². The molecule has 72 valence electrons. The third-order valence-corrected chi connectivity index (χ3v) is 2.11. The molecule has 0 amide bonds. The molecule has 0 saturated carbocycles. The van der Waals surface area contributed by atoms with E-state index in [1.807, 2.05) is 0 Å². The van der Waals surface area contributed by atoms with E-state index in [0.717, 1.165) is 12.8 Å². The van der Waals surface area contributed by atoms with Gasteiger partial charge in [-0.25, -0.2) is 0 Å². The van der Waals surface area contributed by atoms with Crippen LogP contribution in [0.2, 0.25) is 0 Å². The summed E-state index contributed by atoms with van der Waals surface area (Å²) in [7, 11) is 1.39. The molecule has 0 saturated heterocycles. The second kappa shape index (κ2) is 7.41. The fraction of sp³-hybridized carbons (Fsp3) is 0.889. The second-order valence-electron chi connectivity index (χ2n) is 2.87. The molecule has 0 fully saturated rings. The van der Waals surface area contributed by atoms with Gasteiger partial charge >= 0.3 is 5.97 Å². The maximum absolute atomic E-state index is 10.7. The van der Waals surface area contributed by atoms with Crippen molar-refractivity contribution in [2.75, 3.05) is 7.11 Å². The molecule has 0 aliphatic rings. The molecular formula is C9H17ClO2. The van der Waals surface area contributed by atoms with Crippen molar-refractivity contribution in [3.05, 3.63) is 0 Å². The van der Waals surface area contributed by atoms with Crippen molar-refractivity contribution in [2.45, 2.75) is 44.4 Å². The van der Waals surface area contributed by atoms with Gasteiger partial charge in [-0.1, -0.05) is 26.2 Å². The highest BCUT2D eigenvalue weighted by atomic mass is 35.5. The summed E-state index contributed by atoms with van der Waals surface area (Å²) in [5, 5.41) is -0.0519. The number of esters is 1. The van der Waals surface area contributed by atoms with Gasteiger partial charge in [-0.05, 0) is 6.42 Å². The van der Waals surface area contributed by atoms with Crippen LogP contribution >= 0.6 is 11.6 Å². The summed E-state index contributed by atoms with van der Waals surface area (Å²) in [6.45, 7) is 2.14. The number of rotatable bonds is 6. The fourth-order valence-corrected chi connectivity index (χ4v) is 1.26. The number of ether oxygens (including phenoxy) is 1.